The molecule has 0 N–H and O–H groups in total. The van der Waals surface area contributed by atoms with E-state index in [1.807, 2.05) is 59.7 Å². The molecule has 138 heavy (non-hydrogen) atoms. The zero-order valence-electron chi connectivity index (χ0n) is 78.6. The first kappa shape index (κ1) is 148. The number of allylic oxidation sites excluding steroid dienone is 1. The van der Waals surface area contributed by atoms with E-state index in [1.165, 1.54) is 6.08 Å². The zero-order chi connectivity index (χ0) is 110. The predicted molar refractivity (Wildman–Crippen MR) is 494 cm³/mol. The van der Waals surface area contributed by atoms with Crippen molar-refractivity contribution in [1.82, 2.24) is 0 Å². The van der Waals surface area contributed by atoms with Crippen LogP contribution in [0.15, 0.2) is 374 Å². The number of halogens is 17. The summed E-state index contributed by atoms with van der Waals surface area (Å²) < 4.78 is 251. The van der Waals surface area contributed by atoms with Crippen LogP contribution in [0.3, 0.4) is 0 Å². The second-order valence-electron chi connectivity index (χ2n) is 21.1. The fraction of sp³-hybridized carbons (Fsp3) is 0.204. The Balaban J connectivity index is -0.000000125. The van der Waals surface area contributed by atoms with Crippen molar-refractivity contribution < 1.29 is 184 Å². The van der Waals surface area contributed by atoms with E-state index >= 15 is 0 Å². The molecule has 7 rings (SSSR count). The summed E-state index contributed by atoms with van der Waals surface area (Å²) in [7, 11) is 11.2. The highest BCUT2D eigenvalue weighted by molar-refractivity contribution is 5.90. The average molecular weight is 1980 g/mol. The molecule has 764 valence electrons. The van der Waals surface area contributed by atoms with Gasteiger partial charge in [0.15, 0.2) is 0 Å². The summed E-state index contributed by atoms with van der Waals surface area (Å²) in [5.41, 5.74) is 0.817. The highest BCUT2D eigenvalue weighted by Crippen LogP contribution is 2.18. The lowest BCUT2D eigenvalue weighted by Gasteiger charge is -2.01. The summed E-state index contributed by atoms with van der Waals surface area (Å²) in [6.45, 7) is 44.5. The van der Waals surface area contributed by atoms with E-state index in [9.17, 15) is 123 Å². The van der Waals surface area contributed by atoms with Crippen molar-refractivity contribution in [3.63, 3.8) is 0 Å². The Hall–Kier alpha value is -15.5. The third-order valence-electron chi connectivity index (χ3n) is 10.5. The van der Waals surface area contributed by atoms with Crippen LogP contribution >= 0.6 is 0 Å². The molecule has 23 nitrogen and oxygen atoms in total. The van der Waals surface area contributed by atoms with E-state index in [4.69, 9.17) is 0 Å². The fourth-order valence-electron chi connectivity index (χ4n) is 5.53. The summed E-state index contributed by atoms with van der Waals surface area (Å²) in [4.78, 5) is 105. The van der Waals surface area contributed by atoms with Crippen LogP contribution in [0.1, 0.15) is 47.1 Å². The minimum absolute atomic E-state index is 0.0156. The molecule has 7 aromatic carbocycles. The Labute approximate surface area is 792 Å². The number of hydrogen-bond acceptors (Lipinski definition) is 23. The van der Waals surface area contributed by atoms with Gasteiger partial charge in [-0.05, 0) is 84.4 Å². The van der Waals surface area contributed by atoms with Gasteiger partial charge in [0.2, 0.25) is 58.3 Å². The maximum atomic E-state index is 12.1. The molecule has 0 radical (unpaired) electrons. The molecule has 0 aliphatic rings. The molecule has 7 aromatic rings. The maximum absolute atomic E-state index is 12.1. The van der Waals surface area contributed by atoms with Crippen molar-refractivity contribution in [3.8, 4) is 34.5 Å². The molecule has 0 aliphatic carbocycles. The lowest BCUT2D eigenvalue weighted by Crippen LogP contribution is -2.06. The minimum Gasteiger partial charge on any atom is -0.456 e. The van der Waals surface area contributed by atoms with Gasteiger partial charge in [-0.15, -0.1) is 0 Å². The quantitative estimate of drug-likeness (QED) is 0.0136. The van der Waals surface area contributed by atoms with E-state index < -0.39 is 143 Å². The Morgan fingerprint density at radius 3 is 0.580 bits per heavy atom. The van der Waals surface area contributed by atoms with Crippen LogP contribution in [-0.2, 0) is 87.7 Å². The smallest absolute Gasteiger partial charge is 0.409 e. The number of carbonyl (C=O) groups excluding carboxylic acids is 10. The summed E-state index contributed by atoms with van der Waals surface area (Å²) in [5.74, 6) is -21.3. The van der Waals surface area contributed by atoms with Gasteiger partial charge in [0.25, 0.3) is 0 Å². The van der Waals surface area contributed by atoms with Gasteiger partial charge in [0, 0.05) is 48.7 Å². The number of hydrogen-bond donors (Lipinski definition) is 0. The van der Waals surface area contributed by atoms with Gasteiger partial charge in [-0.1, -0.05) is 266 Å². The molecule has 40 heteroatoms. The van der Waals surface area contributed by atoms with Gasteiger partial charge in [0.05, 0.1) is 21.5 Å². The molecular formula is C98H115F17O23. The van der Waals surface area contributed by atoms with Crippen LogP contribution in [0.4, 0.5) is 74.6 Å². The topological polar surface area (TPSA) is 291 Å². The van der Waals surface area contributed by atoms with Crippen molar-refractivity contribution in [2.75, 3.05) is 84.0 Å². The number of benzene rings is 7. The molecule has 0 atom stereocenters. The van der Waals surface area contributed by atoms with Crippen LogP contribution in [0.2, 0.25) is 0 Å². The first-order chi connectivity index (χ1) is 65.2. The number of alkyl halides is 6. The molecule has 0 saturated carbocycles. The highest BCUT2D eigenvalue weighted by atomic mass is 19.4. The van der Waals surface area contributed by atoms with E-state index in [0.29, 0.717) is 62.1 Å². The number of rotatable bonds is 24. The second kappa shape index (κ2) is 105. The third kappa shape index (κ3) is 108. The Kier molecular flexibility index (Phi) is 113. The third-order valence-corrected chi connectivity index (χ3v) is 10.5. The second-order valence-corrected chi connectivity index (χ2v) is 21.1. The molecule has 0 fully saturated rings. The predicted octanol–water partition coefficient (Wildman–Crippen LogP) is 25.1. The van der Waals surface area contributed by atoms with Crippen LogP contribution in [0.25, 0.3) is 0 Å². The number of methoxy groups -OCH3 is 3. The summed E-state index contributed by atoms with van der Waals surface area (Å²) >= 11 is 0. The summed E-state index contributed by atoms with van der Waals surface area (Å²) in [6, 6.07) is 58.5. The lowest BCUT2D eigenvalue weighted by atomic mass is 10.2. The molecule has 0 unspecified atom stereocenters. The van der Waals surface area contributed by atoms with E-state index in [1.54, 1.807) is 237 Å². The van der Waals surface area contributed by atoms with Gasteiger partial charge in [-0.3, -0.25) is 13.2 Å². The van der Waals surface area contributed by atoms with Crippen molar-refractivity contribution in [2.24, 2.45) is 0 Å². The fourth-order valence-corrected chi connectivity index (χ4v) is 5.53. The average Bonchev–Trinajstić information content (AvgIpc) is 0.940. The Bertz CT molecular complexity index is 4070. The zero-order valence-corrected chi connectivity index (χ0v) is 78.6. The number of para-hydroxylation sites is 6. The van der Waals surface area contributed by atoms with Crippen LogP contribution < -0.4 is 28.4 Å². The largest absolute Gasteiger partial charge is 0.456 e. The van der Waals surface area contributed by atoms with Crippen molar-refractivity contribution in [1.29, 1.82) is 0 Å². The van der Waals surface area contributed by atoms with Crippen molar-refractivity contribution >= 4 is 59.7 Å². The number of carbonyl (C=O) groups is 10. The monoisotopic (exact) mass is 1980 g/mol. The number of ether oxygens (including phenoxy) is 13. The van der Waals surface area contributed by atoms with Gasteiger partial charge < -0.3 is 61.6 Å². The van der Waals surface area contributed by atoms with Gasteiger partial charge in [-0.2, -0.15) is 57.1 Å². The van der Waals surface area contributed by atoms with Crippen LogP contribution in [0, 0.1) is 0 Å². The van der Waals surface area contributed by atoms with E-state index in [-0.39, 0.29) is 19.3 Å². The maximum Gasteiger partial charge on any atom is 0.409 e. The molecule has 0 saturated heterocycles. The van der Waals surface area contributed by atoms with Crippen LogP contribution in [-0.4, -0.2) is 150 Å². The standard InChI is InChI=1S/C10H9FO2.6C9H7FO2.C7H6F4O2.C6H6F2O2.C6H7FO2.3C2H6O.3C2H6.3CH3F/c1-8(11)10(12)13-7-9-5-3-2-4-6-9;6*1-7(10)9(11)12-8-5-3-2-4-6-8;1-5(8)6(12)13-4-2-3-7(9,10)11;1-4(7)3-10-6(9)5(2)8;1-3-4-9-6(8)5(2)7;3*1-3-2;6*1-2/h2-6H,1,7H2;6*2-6H,1H2;2-3H,1,4H2;1-3H2;3H,1-2,4H2;3*1-2H3;3*1-2H3;3*1H3. The molecule has 0 heterocycles. The SMILES string of the molecule is C=C(F)C(=O)OCC=CC(F)(F)F.C=C(F)C(=O)OCc1ccccc1.C=C(F)C(=O)Oc1ccccc1.C=C(F)C(=O)Oc1ccccc1.C=C(F)C(=O)Oc1ccccc1.C=C(F)C(=O)Oc1ccccc1.C=C(F)C(=O)Oc1ccccc1.C=C(F)C(=O)Oc1ccccc1.C=C(F)COC(=O)C(=C)F.C=CCOC(=O)C(=C)F.CC.CC.CC.CF.CF.CF.COC.COC.COC. The minimum atomic E-state index is -4.46. The molecule has 0 aromatic heterocycles. The first-order valence-corrected chi connectivity index (χ1v) is 38.0. The van der Waals surface area contributed by atoms with E-state index in [2.05, 4.69) is 141 Å². The molecule has 0 bridgehead atoms. The molecule has 0 spiro atoms. The first-order valence-electron chi connectivity index (χ1n) is 38.0. The van der Waals surface area contributed by atoms with Gasteiger partial charge in [-0.25, -0.2) is 52.3 Å². The Morgan fingerprint density at radius 1 is 0.261 bits per heavy atom. The highest BCUT2D eigenvalue weighted by Gasteiger charge is 2.22. The van der Waals surface area contributed by atoms with Crippen molar-refractivity contribution in [2.45, 2.75) is 54.3 Å². The van der Waals surface area contributed by atoms with Gasteiger partial charge >= 0.3 is 65.9 Å². The normalized spacial score (nSPS) is 8.52. The molecule has 0 aliphatic heterocycles. The summed E-state index contributed by atoms with van der Waals surface area (Å²) in [5, 5.41) is 0. The number of esters is 10. The Morgan fingerprint density at radius 2 is 0.420 bits per heavy atom. The van der Waals surface area contributed by atoms with Crippen molar-refractivity contribution in [3.05, 3.63) is 379 Å². The summed E-state index contributed by atoms with van der Waals surface area (Å²) in [6.07, 6.45) is -2.66. The molecule has 0 amide bonds. The van der Waals surface area contributed by atoms with Gasteiger partial charge in [0.1, 0.15) is 66.8 Å². The molecular weight excluding hydrogens is 1870 g/mol. The lowest BCUT2D eigenvalue weighted by molar-refractivity contribution is -0.142. The van der Waals surface area contributed by atoms with E-state index in [0.717, 1.165) is 5.56 Å². The van der Waals surface area contributed by atoms with Crippen LogP contribution in [0.5, 0.6) is 34.5 Å².